The van der Waals surface area contributed by atoms with Crippen LogP contribution in [0.1, 0.15) is 16.1 Å². The highest BCUT2D eigenvalue weighted by Gasteiger charge is 2.19. The van der Waals surface area contributed by atoms with Crippen LogP contribution in [0.5, 0.6) is 5.75 Å². The second kappa shape index (κ2) is 5.04. The van der Waals surface area contributed by atoms with Crippen LogP contribution in [0.4, 0.5) is 5.69 Å². The van der Waals surface area contributed by atoms with Gasteiger partial charge in [0.2, 0.25) is 0 Å². The second-order valence-corrected chi connectivity index (χ2v) is 5.08. The number of nitrogens with two attached hydrogens (primary N) is 2. The highest BCUT2D eigenvalue weighted by molar-refractivity contribution is 6.09. The molecule has 0 unspecified atom stereocenters. The van der Waals surface area contributed by atoms with Gasteiger partial charge in [0.15, 0.2) is 5.69 Å². The topological polar surface area (TPSA) is 102 Å². The van der Waals surface area contributed by atoms with Gasteiger partial charge < -0.3 is 16.6 Å². The zero-order valence-electron chi connectivity index (χ0n) is 12.0. The van der Waals surface area contributed by atoms with Crippen molar-refractivity contribution in [2.24, 2.45) is 5.73 Å². The van der Waals surface area contributed by atoms with E-state index < -0.39 is 5.91 Å². The minimum Gasteiger partial charge on any atom is -0.508 e. The molecule has 1 amide bonds. The van der Waals surface area contributed by atoms with E-state index in [0.717, 1.165) is 10.9 Å². The Hall–Kier alpha value is -3.08. The summed E-state index contributed by atoms with van der Waals surface area (Å²) in [6.07, 6.45) is 0. The van der Waals surface area contributed by atoms with E-state index in [2.05, 4.69) is 4.98 Å². The van der Waals surface area contributed by atoms with E-state index in [0.29, 0.717) is 16.6 Å². The number of phenolic OH excluding ortho intramolecular Hbond substituents is 1. The van der Waals surface area contributed by atoms with Crippen LogP contribution in [0, 0.1) is 6.92 Å². The fourth-order valence-electron chi connectivity index (χ4n) is 2.60. The van der Waals surface area contributed by atoms with Gasteiger partial charge in [-0.2, -0.15) is 0 Å². The molecule has 0 aliphatic carbocycles. The van der Waals surface area contributed by atoms with Crippen molar-refractivity contribution in [1.29, 1.82) is 0 Å². The molecule has 0 aliphatic rings. The number of aromatic hydroxyl groups is 1. The summed E-state index contributed by atoms with van der Waals surface area (Å²) in [5, 5.41) is 10.8. The smallest absolute Gasteiger partial charge is 0.269 e. The van der Waals surface area contributed by atoms with Crippen molar-refractivity contribution in [2.75, 3.05) is 5.73 Å². The highest BCUT2D eigenvalue weighted by atomic mass is 16.3. The number of phenols is 1. The van der Waals surface area contributed by atoms with E-state index in [9.17, 15) is 9.90 Å². The Labute approximate surface area is 127 Å². The van der Waals surface area contributed by atoms with Gasteiger partial charge in [-0.15, -0.1) is 0 Å². The van der Waals surface area contributed by atoms with Crippen molar-refractivity contribution < 1.29 is 9.90 Å². The first-order valence-electron chi connectivity index (χ1n) is 6.77. The van der Waals surface area contributed by atoms with Gasteiger partial charge in [-0.3, -0.25) is 4.79 Å². The number of anilines is 1. The number of nitrogen functional groups attached to an aromatic ring is 1. The standard InChI is InChI=1S/C17H15N3O2/c1-9-10(6-4-8-13(9)21)14-11-5-2-3-7-12(11)20-16(15(14)18)17(19)22/h2-8,21H,18H2,1H3,(H2,19,22). The van der Waals surface area contributed by atoms with Crippen molar-refractivity contribution in [3.8, 4) is 16.9 Å². The molecule has 1 aromatic heterocycles. The molecule has 0 spiro atoms. The van der Waals surface area contributed by atoms with E-state index in [-0.39, 0.29) is 17.1 Å². The largest absolute Gasteiger partial charge is 0.508 e. The number of carbonyl (C=O) groups is 1. The molecule has 0 atom stereocenters. The summed E-state index contributed by atoms with van der Waals surface area (Å²) in [6, 6.07) is 12.6. The number of benzene rings is 2. The number of aromatic nitrogens is 1. The molecule has 0 bridgehead atoms. The first-order valence-corrected chi connectivity index (χ1v) is 6.77. The van der Waals surface area contributed by atoms with Crippen LogP contribution in [0.3, 0.4) is 0 Å². The molecule has 3 rings (SSSR count). The van der Waals surface area contributed by atoms with Gasteiger partial charge in [-0.25, -0.2) is 4.98 Å². The van der Waals surface area contributed by atoms with Crippen LogP contribution >= 0.6 is 0 Å². The third-order valence-corrected chi connectivity index (χ3v) is 3.74. The number of para-hydroxylation sites is 1. The average molecular weight is 293 g/mol. The molecular formula is C17H15N3O2. The summed E-state index contributed by atoms with van der Waals surface area (Å²) in [7, 11) is 0. The number of primary amides is 1. The number of rotatable bonds is 2. The summed E-state index contributed by atoms with van der Waals surface area (Å²) < 4.78 is 0. The Balaban J connectivity index is 2.49. The third-order valence-electron chi connectivity index (χ3n) is 3.74. The summed E-state index contributed by atoms with van der Waals surface area (Å²) in [4.78, 5) is 15.9. The Kier molecular flexibility index (Phi) is 3.18. The number of pyridine rings is 1. The molecule has 1 heterocycles. The molecule has 0 fully saturated rings. The summed E-state index contributed by atoms with van der Waals surface area (Å²) >= 11 is 0. The van der Waals surface area contributed by atoms with Gasteiger partial charge in [0, 0.05) is 10.9 Å². The van der Waals surface area contributed by atoms with E-state index in [1.165, 1.54) is 0 Å². The minimum atomic E-state index is -0.678. The minimum absolute atomic E-state index is 0.0384. The fraction of sp³-hybridized carbons (Fsp3) is 0.0588. The number of carbonyl (C=O) groups excluding carboxylic acids is 1. The van der Waals surface area contributed by atoms with Crippen LogP contribution in [-0.2, 0) is 0 Å². The van der Waals surface area contributed by atoms with Gasteiger partial charge >= 0.3 is 0 Å². The first kappa shape index (κ1) is 13.9. The number of amides is 1. The van der Waals surface area contributed by atoms with Crippen molar-refractivity contribution in [2.45, 2.75) is 6.92 Å². The Bertz CT molecular complexity index is 904. The quantitative estimate of drug-likeness (QED) is 0.675. The van der Waals surface area contributed by atoms with Crippen LogP contribution in [-0.4, -0.2) is 16.0 Å². The van der Waals surface area contributed by atoms with Crippen molar-refractivity contribution in [3.05, 3.63) is 53.7 Å². The van der Waals surface area contributed by atoms with Crippen molar-refractivity contribution in [1.82, 2.24) is 4.98 Å². The first-order chi connectivity index (χ1) is 10.5. The van der Waals surface area contributed by atoms with Crippen LogP contribution in [0.2, 0.25) is 0 Å². The SMILES string of the molecule is Cc1c(O)cccc1-c1c(N)c(C(N)=O)nc2ccccc12. The number of hydrogen-bond donors (Lipinski definition) is 3. The van der Waals surface area contributed by atoms with E-state index in [1.807, 2.05) is 24.3 Å². The van der Waals surface area contributed by atoms with E-state index in [1.54, 1.807) is 25.1 Å². The molecule has 22 heavy (non-hydrogen) atoms. The lowest BCUT2D eigenvalue weighted by atomic mass is 9.94. The van der Waals surface area contributed by atoms with Crippen LogP contribution in [0.15, 0.2) is 42.5 Å². The highest BCUT2D eigenvalue weighted by Crippen LogP contribution is 2.38. The zero-order chi connectivity index (χ0) is 15.9. The second-order valence-electron chi connectivity index (χ2n) is 5.08. The molecule has 3 aromatic rings. The van der Waals surface area contributed by atoms with Gasteiger partial charge in [0.05, 0.1) is 11.2 Å². The summed E-state index contributed by atoms with van der Waals surface area (Å²) in [6.45, 7) is 1.79. The number of hydrogen-bond acceptors (Lipinski definition) is 4. The van der Waals surface area contributed by atoms with Gasteiger partial charge in [0.1, 0.15) is 5.75 Å². The number of nitrogens with zero attached hydrogens (tertiary/aromatic N) is 1. The Morgan fingerprint density at radius 1 is 1.14 bits per heavy atom. The molecule has 0 aliphatic heterocycles. The molecule has 0 saturated carbocycles. The normalized spacial score (nSPS) is 10.8. The maximum Gasteiger partial charge on any atom is 0.269 e. The van der Waals surface area contributed by atoms with Gasteiger partial charge in [0.25, 0.3) is 5.91 Å². The molecule has 110 valence electrons. The van der Waals surface area contributed by atoms with Gasteiger partial charge in [-0.05, 0) is 30.2 Å². The maximum absolute atomic E-state index is 11.6. The summed E-state index contributed by atoms with van der Waals surface area (Å²) in [5.41, 5.74) is 14.5. The maximum atomic E-state index is 11.6. The Morgan fingerprint density at radius 3 is 2.59 bits per heavy atom. The lowest BCUT2D eigenvalue weighted by Crippen LogP contribution is -2.16. The summed E-state index contributed by atoms with van der Waals surface area (Å²) in [5.74, 6) is -0.513. The van der Waals surface area contributed by atoms with Crippen LogP contribution < -0.4 is 11.5 Å². The monoisotopic (exact) mass is 293 g/mol. The van der Waals surface area contributed by atoms with Crippen molar-refractivity contribution >= 4 is 22.5 Å². The Morgan fingerprint density at radius 2 is 1.86 bits per heavy atom. The van der Waals surface area contributed by atoms with Crippen molar-refractivity contribution in [3.63, 3.8) is 0 Å². The molecular weight excluding hydrogens is 278 g/mol. The lowest BCUT2D eigenvalue weighted by molar-refractivity contribution is 0.0997. The van der Waals surface area contributed by atoms with E-state index in [4.69, 9.17) is 11.5 Å². The number of fused-ring (bicyclic) bond motifs is 1. The molecule has 0 saturated heterocycles. The molecule has 5 nitrogen and oxygen atoms in total. The molecule has 2 aromatic carbocycles. The third kappa shape index (κ3) is 2.03. The molecule has 5 heteroatoms. The predicted molar refractivity (Wildman–Crippen MR) is 86.5 cm³/mol. The average Bonchev–Trinajstić information content (AvgIpc) is 2.50. The fourth-order valence-corrected chi connectivity index (χ4v) is 2.60. The lowest BCUT2D eigenvalue weighted by Gasteiger charge is -2.15. The van der Waals surface area contributed by atoms with Gasteiger partial charge in [-0.1, -0.05) is 30.3 Å². The molecule has 0 radical (unpaired) electrons. The van der Waals surface area contributed by atoms with E-state index >= 15 is 0 Å². The predicted octanol–water partition coefficient (Wildman–Crippen LogP) is 2.60. The zero-order valence-corrected chi connectivity index (χ0v) is 12.0. The molecule has 5 N–H and O–H groups in total. The van der Waals surface area contributed by atoms with Crippen LogP contribution in [0.25, 0.3) is 22.0 Å².